The minimum atomic E-state index is -0.867. The molecule has 2 aromatic rings. The summed E-state index contributed by atoms with van der Waals surface area (Å²) >= 11 is 0. The van der Waals surface area contributed by atoms with Crippen LogP contribution < -0.4 is 0 Å². The van der Waals surface area contributed by atoms with Crippen LogP contribution in [0.3, 0.4) is 0 Å². The molecule has 1 unspecified atom stereocenters. The second-order valence-corrected chi connectivity index (χ2v) is 6.00. The van der Waals surface area contributed by atoms with E-state index < -0.39 is 10.8 Å². The van der Waals surface area contributed by atoms with Crippen LogP contribution in [0.15, 0.2) is 47.4 Å². The van der Waals surface area contributed by atoms with E-state index in [0.29, 0.717) is 0 Å². The van der Waals surface area contributed by atoms with Crippen molar-refractivity contribution in [2.24, 2.45) is 0 Å². The van der Waals surface area contributed by atoms with Gasteiger partial charge in [0.15, 0.2) is 0 Å². The van der Waals surface area contributed by atoms with E-state index in [-0.39, 0.29) is 0 Å². The summed E-state index contributed by atoms with van der Waals surface area (Å²) in [5.41, 5.74) is 4.93. The molecule has 0 saturated heterocycles. The van der Waals surface area contributed by atoms with E-state index in [1.54, 1.807) is 0 Å². The lowest BCUT2D eigenvalue weighted by molar-refractivity contribution is 0.683. The van der Waals surface area contributed by atoms with E-state index in [2.05, 4.69) is 37.3 Å². The summed E-state index contributed by atoms with van der Waals surface area (Å²) in [6.07, 6.45) is 0.899. The zero-order chi connectivity index (χ0) is 11.8. The fourth-order valence-corrected chi connectivity index (χ4v) is 3.63. The molecule has 0 spiro atoms. The van der Waals surface area contributed by atoms with Gasteiger partial charge in [-0.25, -0.2) is 0 Å². The van der Waals surface area contributed by atoms with Crippen LogP contribution in [-0.2, 0) is 17.2 Å². The molecule has 2 heteroatoms. The van der Waals surface area contributed by atoms with Crippen LogP contribution in [0, 0.1) is 6.92 Å². The molecular weight excluding hydrogens is 228 g/mol. The van der Waals surface area contributed by atoms with Gasteiger partial charge in [-0.3, -0.25) is 4.21 Å². The van der Waals surface area contributed by atoms with Crippen LogP contribution in [0.2, 0.25) is 0 Å². The van der Waals surface area contributed by atoms with Crippen LogP contribution in [-0.4, -0.2) is 9.96 Å². The Bertz CT molecular complexity index is 602. The molecule has 1 aliphatic rings. The van der Waals surface area contributed by atoms with Gasteiger partial charge in [0.2, 0.25) is 0 Å². The first-order chi connectivity index (χ1) is 8.25. The number of hydrogen-bond acceptors (Lipinski definition) is 1. The Hall–Kier alpha value is -1.41. The van der Waals surface area contributed by atoms with Crippen molar-refractivity contribution in [3.63, 3.8) is 0 Å². The molecule has 86 valence electrons. The fourth-order valence-electron chi connectivity index (χ4n) is 2.37. The molecule has 1 atom stereocenters. The van der Waals surface area contributed by atoms with Crippen molar-refractivity contribution >= 4 is 10.8 Å². The van der Waals surface area contributed by atoms with Crippen LogP contribution in [0.5, 0.6) is 0 Å². The maximum atomic E-state index is 12.2. The van der Waals surface area contributed by atoms with Crippen LogP contribution in [0.1, 0.15) is 11.1 Å². The highest BCUT2D eigenvalue weighted by atomic mass is 32.2. The summed E-state index contributed by atoms with van der Waals surface area (Å²) in [6.45, 7) is 2.08. The molecule has 0 N–H and O–H groups in total. The summed E-state index contributed by atoms with van der Waals surface area (Å²) in [6, 6.07) is 14.6. The van der Waals surface area contributed by atoms with Gasteiger partial charge in [0, 0.05) is 10.6 Å². The van der Waals surface area contributed by atoms with Crippen molar-refractivity contribution in [3.05, 3.63) is 53.6 Å². The number of aryl methyl sites for hydroxylation is 2. The molecule has 17 heavy (non-hydrogen) atoms. The SMILES string of the molecule is Cc1ccc2c(c1)-c1ccccc1CCS2=O. The van der Waals surface area contributed by atoms with Crippen molar-refractivity contribution in [3.8, 4) is 11.1 Å². The zero-order valence-electron chi connectivity index (χ0n) is 9.77. The summed E-state index contributed by atoms with van der Waals surface area (Å²) in [7, 11) is -0.867. The van der Waals surface area contributed by atoms with Gasteiger partial charge in [0.1, 0.15) is 0 Å². The highest BCUT2D eigenvalue weighted by Gasteiger charge is 2.18. The molecule has 0 amide bonds. The first kappa shape index (κ1) is 10.7. The molecule has 2 aromatic carbocycles. The molecule has 1 heterocycles. The summed E-state index contributed by atoms with van der Waals surface area (Å²) in [5.74, 6) is 0.729. The molecule has 1 aliphatic heterocycles. The topological polar surface area (TPSA) is 17.1 Å². The maximum absolute atomic E-state index is 12.2. The van der Waals surface area contributed by atoms with Crippen molar-refractivity contribution in [1.82, 2.24) is 0 Å². The molecule has 0 fully saturated rings. The Morgan fingerprint density at radius 3 is 2.76 bits per heavy atom. The number of rotatable bonds is 0. The summed E-state index contributed by atoms with van der Waals surface area (Å²) in [5, 5.41) is 0. The third kappa shape index (κ3) is 1.83. The molecular formula is C15H14OS. The van der Waals surface area contributed by atoms with Gasteiger partial charge in [-0.1, -0.05) is 42.0 Å². The standard InChI is InChI=1S/C15H14OS/c1-11-6-7-15-14(10-11)13-5-3-2-4-12(13)8-9-17(15)16/h2-7,10H,8-9H2,1H3. The number of hydrogen-bond donors (Lipinski definition) is 0. The first-order valence-corrected chi connectivity index (χ1v) is 7.15. The smallest absolute Gasteiger partial charge is 0.0539 e. The van der Waals surface area contributed by atoms with Crippen LogP contribution >= 0.6 is 0 Å². The third-order valence-electron chi connectivity index (χ3n) is 3.24. The summed E-state index contributed by atoms with van der Waals surface area (Å²) < 4.78 is 12.2. The van der Waals surface area contributed by atoms with Crippen molar-refractivity contribution < 1.29 is 4.21 Å². The first-order valence-electron chi connectivity index (χ1n) is 5.83. The van der Waals surface area contributed by atoms with Gasteiger partial charge in [-0.2, -0.15) is 0 Å². The second-order valence-electron chi connectivity index (χ2n) is 4.46. The average molecular weight is 242 g/mol. The molecule has 0 bridgehead atoms. The van der Waals surface area contributed by atoms with E-state index in [4.69, 9.17) is 0 Å². The van der Waals surface area contributed by atoms with Crippen molar-refractivity contribution in [2.45, 2.75) is 18.2 Å². The van der Waals surface area contributed by atoms with E-state index in [0.717, 1.165) is 22.6 Å². The molecule has 3 rings (SSSR count). The molecule has 0 aliphatic carbocycles. The van der Waals surface area contributed by atoms with E-state index in [1.807, 2.05) is 12.1 Å². The minimum Gasteiger partial charge on any atom is -0.254 e. The quantitative estimate of drug-likeness (QED) is 0.692. The Balaban J connectivity index is 2.33. The van der Waals surface area contributed by atoms with Gasteiger partial charge in [0.25, 0.3) is 0 Å². The van der Waals surface area contributed by atoms with Gasteiger partial charge >= 0.3 is 0 Å². The van der Waals surface area contributed by atoms with Gasteiger partial charge in [-0.05, 0) is 36.1 Å². The highest BCUT2D eigenvalue weighted by Crippen LogP contribution is 2.33. The van der Waals surface area contributed by atoms with Crippen LogP contribution in [0.4, 0.5) is 0 Å². The molecule has 0 saturated carbocycles. The Labute approximate surface area is 104 Å². The largest absolute Gasteiger partial charge is 0.254 e. The number of fused-ring (bicyclic) bond motifs is 3. The van der Waals surface area contributed by atoms with Crippen molar-refractivity contribution in [2.75, 3.05) is 5.75 Å². The zero-order valence-corrected chi connectivity index (χ0v) is 10.6. The Kier molecular flexibility index (Phi) is 2.60. The van der Waals surface area contributed by atoms with E-state index in [9.17, 15) is 4.21 Å². The lowest BCUT2D eigenvalue weighted by atomic mass is 9.97. The normalized spacial score (nSPS) is 18.1. The average Bonchev–Trinajstić information content (AvgIpc) is 2.48. The molecule has 0 radical (unpaired) electrons. The third-order valence-corrected chi connectivity index (χ3v) is 4.67. The molecule has 1 nitrogen and oxygen atoms in total. The fraction of sp³-hybridized carbons (Fsp3) is 0.200. The highest BCUT2D eigenvalue weighted by molar-refractivity contribution is 7.85. The van der Waals surface area contributed by atoms with Gasteiger partial charge in [0.05, 0.1) is 10.8 Å². The monoisotopic (exact) mass is 242 g/mol. The molecule has 0 aromatic heterocycles. The van der Waals surface area contributed by atoms with Gasteiger partial charge in [-0.15, -0.1) is 0 Å². The predicted molar refractivity (Wildman–Crippen MR) is 71.6 cm³/mol. The van der Waals surface area contributed by atoms with Crippen molar-refractivity contribution in [1.29, 1.82) is 0 Å². The Morgan fingerprint density at radius 1 is 1.06 bits per heavy atom. The lowest BCUT2D eigenvalue weighted by Crippen LogP contribution is -1.98. The summed E-state index contributed by atoms with van der Waals surface area (Å²) in [4.78, 5) is 0.987. The van der Waals surface area contributed by atoms with E-state index >= 15 is 0 Å². The van der Waals surface area contributed by atoms with Gasteiger partial charge < -0.3 is 0 Å². The predicted octanol–water partition coefficient (Wildman–Crippen LogP) is 3.33. The Morgan fingerprint density at radius 2 is 1.88 bits per heavy atom. The lowest BCUT2D eigenvalue weighted by Gasteiger charge is -2.09. The van der Waals surface area contributed by atoms with E-state index in [1.165, 1.54) is 16.7 Å². The van der Waals surface area contributed by atoms with Crippen LogP contribution in [0.25, 0.3) is 11.1 Å². The minimum absolute atomic E-state index is 0.729. The second kappa shape index (κ2) is 4.11. The maximum Gasteiger partial charge on any atom is 0.0539 e. The number of benzene rings is 2.